The minimum Gasteiger partial charge on any atom is -0.319 e. The Hall–Kier alpha value is -3.55. The van der Waals surface area contributed by atoms with Gasteiger partial charge in [0, 0.05) is 17.7 Å². The average Bonchev–Trinajstić information content (AvgIpc) is 2.93. The van der Waals surface area contributed by atoms with E-state index in [1.807, 2.05) is 27.7 Å². The predicted octanol–water partition coefficient (Wildman–Crippen LogP) is 3.48. The molecule has 1 saturated heterocycles. The normalized spacial score (nSPS) is 18.5. The number of nitrogens with one attached hydrogen (secondary N) is 1. The van der Waals surface area contributed by atoms with Gasteiger partial charge in [-0.15, -0.1) is 0 Å². The van der Waals surface area contributed by atoms with Crippen molar-refractivity contribution >= 4 is 23.4 Å². The van der Waals surface area contributed by atoms with Gasteiger partial charge in [0.25, 0.3) is 11.6 Å². The number of benzene rings is 2. The van der Waals surface area contributed by atoms with Crippen molar-refractivity contribution in [3.05, 3.63) is 73.8 Å². The summed E-state index contributed by atoms with van der Waals surface area (Å²) in [6.07, 6.45) is 0. The van der Waals surface area contributed by atoms with Crippen molar-refractivity contribution in [2.45, 2.75) is 40.2 Å². The van der Waals surface area contributed by atoms with Gasteiger partial charge in [0.15, 0.2) is 5.78 Å². The first kappa shape index (κ1) is 21.2. The van der Waals surface area contributed by atoms with Crippen molar-refractivity contribution in [2.24, 2.45) is 0 Å². The largest absolute Gasteiger partial charge is 0.325 e. The van der Waals surface area contributed by atoms with Crippen LogP contribution >= 0.6 is 0 Å². The van der Waals surface area contributed by atoms with Crippen LogP contribution in [0, 0.1) is 37.8 Å². The van der Waals surface area contributed by atoms with Crippen molar-refractivity contribution in [1.82, 2.24) is 10.2 Å². The molecule has 1 atom stereocenters. The predicted molar refractivity (Wildman–Crippen MR) is 110 cm³/mol. The maximum atomic E-state index is 13.1. The van der Waals surface area contributed by atoms with E-state index in [1.165, 1.54) is 31.2 Å². The molecule has 8 nitrogen and oxygen atoms in total. The molecule has 0 radical (unpaired) electrons. The van der Waals surface area contributed by atoms with Crippen molar-refractivity contribution < 1.29 is 19.3 Å². The first-order chi connectivity index (χ1) is 14.0. The summed E-state index contributed by atoms with van der Waals surface area (Å²) in [6.45, 7) is 8.83. The molecule has 156 valence electrons. The molecule has 0 aliphatic carbocycles. The number of non-ortho nitro benzene ring substituents is 1. The Kier molecular flexibility index (Phi) is 5.20. The van der Waals surface area contributed by atoms with E-state index >= 15 is 0 Å². The first-order valence-electron chi connectivity index (χ1n) is 9.47. The van der Waals surface area contributed by atoms with Crippen LogP contribution in [0.3, 0.4) is 0 Å². The SMILES string of the molecule is Cc1cc(C(=O)CN2C(=O)NC(C)(c3ccc([N+](=O)[O-])cc3)C2=O)c(C)c(C)c1C. The van der Waals surface area contributed by atoms with Crippen LogP contribution in [0.15, 0.2) is 30.3 Å². The number of nitro groups is 1. The smallest absolute Gasteiger partial charge is 0.319 e. The Morgan fingerprint density at radius 3 is 2.23 bits per heavy atom. The molecule has 1 N–H and O–H groups in total. The molecule has 0 saturated carbocycles. The van der Waals surface area contributed by atoms with Gasteiger partial charge in [0.2, 0.25) is 0 Å². The number of imide groups is 1. The molecule has 1 heterocycles. The van der Waals surface area contributed by atoms with E-state index in [9.17, 15) is 24.5 Å². The highest BCUT2D eigenvalue weighted by Gasteiger charge is 2.49. The lowest BCUT2D eigenvalue weighted by atomic mass is 9.91. The monoisotopic (exact) mass is 409 g/mol. The molecule has 0 aromatic heterocycles. The van der Waals surface area contributed by atoms with Crippen molar-refractivity contribution in [3.63, 3.8) is 0 Å². The van der Waals surface area contributed by atoms with Crippen molar-refractivity contribution in [1.29, 1.82) is 0 Å². The number of Topliss-reactive ketones (excluding diaryl/α,β-unsaturated/α-hetero) is 1. The highest BCUT2D eigenvalue weighted by molar-refractivity contribution is 6.11. The van der Waals surface area contributed by atoms with Crippen LogP contribution in [0.1, 0.15) is 45.1 Å². The van der Waals surface area contributed by atoms with Crippen LogP contribution in [0.25, 0.3) is 0 Å². The molecule has 2 aromatic rings. The lowest BCUT2D eigenvalue weighted by molar-refractivity contribution is -0.384. The molecule has 1 fully saturated rings. The third kappa shape index (κ3) is 3.34. The zero-order valence-corrected chi connectivity index (χ0v) is 17.5. The molecule has 1 unspecified atom stereocenters. The zero-order chi connectivity index (χ0) is 22.4. The van der Waals surface area contributed by atoms with E-state index < -0.39 is 22.4 Å². The van der Waals surface area contributed by atoms with E-state index in [1.54, 1.807) is 6.07 Å². The summed E-state index contributed by atoms with van der Waals surface area (Å²) in [5, 5.41) is 13.5. The minimum absolute atomic E-state index is 0.119. The summed E-state index contributed by atoms with van der Waals surface area (Å²) < 4.78 is 0. The standard InChI is InChI=1S/C22H23N3O5/c1-12-10-18(15(4)14(3)13(12)2)19(26)11-24-20(27)22(5,23-21(24)28)16-6-8-17(9-7-16)25(29)30/h6-10H,11H2,1-5H3,(H,23,28). The van der Waals surface area contributed by atoms with E-state index in [0.29, 0.717) is 11.1 Å². The molecular weight excluding hydrogens is 386 g/mol. The molecule has 30 heavy (non-hydrogen) atoms. The number of hydrogen-bond donors (Lipinski definition) is 1. The van der Waals surface area contributed by atoms with Crippen LogP contribution in [0.5, 0.6) is 0 Å². The van der Waals surface area contributed by atoms with E-state index in [0.717, 1.165) is 27.2 Å². The number of rotatable bonds is 5. The Balaban J connectivity index is 1.88. The molecular formula is C22H23N3O5. The molecule has 1 aliphatic rings. The van der Waals surface area contributed by atoms with Gasteiger partial charge in [-0.05, 0) is 80.6 Å². The van der Waals surface area contributed by atoms with Crippen LogP contribution in [-0.4, -0.2) is 34.1 Å². The minimum atomic E-state index is -1.40. The topological polar surface area (TPSA) is 110 Å². The number of ketones is 1. The van der Waals surface area contributed by atoms with Gasteiger partial charge in [-0.2, -0.15) is 0 Å². The Morgan fingerprint density at radius 2 is 1.67 bits per heavy atom. The van der Waals surface area contributed by atoms with Crippen LogP contribution in [-0.2, 0) is 10.3 Å². The average molecular weight is 409 g/mol. The third-order valence-corrected chi connectivity index (χ3v) is 6.01. The Morgan fingerprint density at radius 1 is 1.07 bits per heavy atom. The van der Waals surface area contributed by atoms with E-state index in [2.05, 4.69) is 5.32 Å². The van der Waals surface area contributed by atoms with Crippen LogP contribution < -0.4 is 5.32 Å². The molecule has 0 spiro atoms. The number of nitrogens with zero attached hydrogens (tertiary/aromatic N) is 2. The number of hydrogen-bond acceptors (Lipinski definition) is 5. The second-order valence-corrected chi connectivity index (χ2v) is 7.79. The van der Waals surface area contributed by atoms with Gasteiger partial charge >= 0.3 is 6.03 Å². The lowest BCUT2D eigenvalue weighted by Gasteiger charge is -2.22. The summed E-state index contributed by atoms with van der Waals surface area (Å²) in [6, 6.07) is 6.52. The number of urea groups is 1. The van der Waals surface area contributed by atoms with E-state index in [4.69, 9.17) is 0 Å². The van der Waals surface area contributed by atoms with Gasteiger partial charge in [-0.25, -0.2) is 4.79 Å². The highest BCUT2D eigenvalue weighted by Crippen LogP contribution is 2.30. The molecule has 3 rings (SSSR count). The fraction of sp³-hybridized carbons (Fsp3) is 0.318. The summed E-state index contributed by atoms with van der Waals surface area (Å²) in [4.78, 5) is 49.7. The molecule has 0 bridgehead atoms. The first-order valence-corrected chi connectivity index (χ1v) is 9.47. The molecule has 1 aliphatic heterocycles. The van der Waals surface area contributed by atoms with Crippen LogP contribution in [0.2, 0.25) is 0 Å². The second-order valence-electron chi connectivity index (χ2n) is 7.79. The summed E-state index contributed by atoms with van der Waals surface area (Å²) in [5.74, 6) is -0.900. The van der Waals surface area contributed by atoms with Gasteiger partial charge in [0.05, 0.1) is 11.5 Å². The number of amides is 3. The summed E-state index contributed by atoms with van der Waals surface area (Å²) in [7, 11) is 0. The maximum absolute atomic E-state index is 13.1. The van der Waals surface area contributed by atoms with Gasteiger partial charge < -0.3 is 5.32 Å². The molecule has 3 amide bonds. The fourth-order valence-electron chi connectivity index (χ4n) is 3.68. The zero-order valence-electron chi connectivity index (χ0n) is 17.5. The second kappa shape index (κ2) is 7.37. The van der Waals surface area contributed by atoms with Crippen molar-refractivity contribution in [3.8, 4) is 0 Å². The van der Waals surface area contributed by atoms with Crippen LogP contribution in [0.4, 0.5) is 10.5 Å². The lowest BCUT2D eigenvalue weighted by Crippen LogP contribution is -2.41. The number of carbonyl (C=O) groups excluding carboxylic acids is 3. The quantitative estimate of drug-likeness (QED) is 0.352. The van der Waals surface area contributed by atoms with Crippen molar-refractivity contribution in [2.75, 3.05) is 6.54 Å². The Labute approximate surface area is 174 Å². The van der Waals surface area contributed by atoms with Gasteiger partial charge in [0.1, 0.15) is 5.54 Å². The molecule has 8 heteroatoms. The van der Waals surface area contributed by atoms with Gasteiger partial charge in [-0.3, -0.25) is 24.6 Å². The maximum Gasteiger partial charge on any atom is 0.325 e. The van der Waals surface area contributed by atoms with E-state index in [-0.39, 0.29) is 18.0 Å². The number of aryl methyl sites for hydroxylation is 1. The molecule has 2 aromatic carbocycles. The summed E-state index contributed by atoms with van der Waals surface area (Å²) >= 11 is 0. The van der Waals surface area contributed by atoms with Gasteiger partial charge in [-0.1, -0.05) is 0 Å². The number of nitro benzene ring substituents is 1. The fourth-order valence-corrected chi connectivity index (χ4v) is 3.68. The summed E-state index contributed by atoms with van der Waals surface area (Å²) in [5.41, 5.74) is 3.27. The highest BCUT2D eigenvalue weighted by atomic mass is 16.6. The third-order valence-electron chi connectivity index (χ3n) is 6.01. The number of carbonyl (C=O) groups is 3. The Bertz CT molecular complexity index is 1090.